The molecule has 0 aliphatic carbocycles. The van der Waals surface area contributed by atoms with Crippen LogP contribution < -0.4 is 20.1 Å². The third-order valence-electron chi connectivity index (χ3n) is 3.60. The number of carbonyl (C=O) groups is 1. The maximum Gasteiger partial charge on any atom is 0.258 e. The molecule has 0 fully saturated rings. The number of aromatic nitrogens is 1. The number of pyridine rings is 1. The SMILES string of the molecule is COc1cc(CNCc2ccncc2)c(Cl)cc1OCC(=O)NC(C)(C)C. The van der Waals surface area contributed by atoms with Crippen LogP contribution in [0.1, 0.15) is 31.9 Å². The molecule has 0 saturated carbocycles. The summed E-state index contributed by atoms with van der Waals surface area (Å²) in [5, 5.41) is 6.72. The van der Waals surface area contributed by atoms with E-state index in [0.29, 0.717) is 29.6 Å². The van der Waals surface area contributed by atoms with Crippen molar-refractivity contribution in [1.29, 1.82) is 0 Å². The van der Waals surface area contributed by atoms with Crippen molar-refractivity contribution in [1.82, 2.24) is 15.6 Å². The zero-order chi connectivity index (χ0) is 19.9. The first-order chi connectivity index (χ1) is 12.8. The molecule has 27 heavy (non-hydrogen) atoms. The van der Waals surface area contributed by atoms with Gasteiger partial charge in [0.25, 0.3) is 5.91 Å². The molecule has 0 aliphatic heterocycles. The number of carbonyl (C=O) groups excluding carboxylic acids is 1. The molecule has 0 unspecified atom stereocenters. The Morgan fingerprint density at radius 3 is 2.48 bits per heavy atom. The van der Waals surface area contributed by atoms with Gasteiger partial charge in [0.1, 0.15) is 0 Å². The summed E-state index contributed by atoms with van der Waals surface area (Å²) in [5.74, 6) is 0.761. The molecule has 1 heterocycles. The molecule has 0 radical (unpaired) electrons. The van der Waals surface area contributed by atoms with Crippen LogP contribution in [0.5, 0.6) is 11.5 Å². The minimum Gasteiger partial charge on any atom is -0.493 e. The predicted octanol–water partition coefficient (Wildman–Crippen LogP) is 3.33. The van der Waals surface area contributed by atoms with Crippen molar-refractivity contribution in [3.63, 3.8) is 0 Å². The Morgan fingerprint density at radius 1 is 1.15 bits per heavy atom. The first-order valence-corrected chi connectivity index (χ1v) is 9.06. The highest BCUT2D eigenvalue weighted by Gasteiger charge is 2.16. The molecule has 0 atom stereocenters. The van der Waals surface area contributed by atoms with Gasteiger partial charge >= 0.3 is 0 Å². The van der Waals surface area contributed by atoms with E-state index in [1.807, 2.05) is 39.0 Å². The van der Waals surface area contributed by atoms with Gasteiger partial charge in [-0.2, -0.15) is 0 Å². The van der Waals surface area contributed by atoms with Crippen LogP contribution in [0.4, 0.5) is 0 Å². The van der Waals surface area contributed by atoms with Gasteiger partial charge in [-0.15, -0.1) is 0 Å². The number of hydrogen-bond donors (Lipinski definition) is 2. The number of benzene rings is 1. The first-order valence-electron chi connectivity index (χ1n) is 8.68. The Labute approximate surface area is 165 Å². The molecule has 0 saturated heterocycles. The van der Waals surface area contributed by atoms with Crippen LogP contribution in [0.15, 0.2) is 36.7 Å². The summed E-state index contributed by atoms with van der Waals surface area (Å²) in [6, 6.07) is 7.40. The van der Waals surface area contributed by atoms with E-state index in [4.69, 9.17) is 21.1 Å². The third kappa shape index (κ3) is 7.07. The van der Waals surface area contributed by atoms with Crippen LogP contribution in [-0.4, -0.2) is 30.1 Å². The van der Waals surface area contributed by atoms with Gasteiger partial charge in [-0.25, -0.2) is 0 Å². The molecule has 146 valence electrons. The molecule has 0 aliphatic rings. The lowest BCUT2D eigenvalue weighted by atomic mass is 10.1. The van der Waals surface area contributed by atoms with Crippen LogP contribution in [0.2, 0.25) is 5.02 Å². The van der Waals surface area contributed by atoms with Crippen molar-refractivity contribution in [3.8, 4) is 11.5 Å². The summed E-state index contributed by atoms with van der Waals surface area (Å²) in [6.07, 6.45) is 3.52. The zero-order valence-electron chi connectivity index (χ0n) is 16.1. The lowest BCUT2D eigenvalue weighted by Crippen LogP contribution is -2.43. The zero-order valence-corrected chi connectivity index (χ0v) is 16.9. The summed E-state index contributed by atoms with van der Waals surface area (Å²) in [5.41, 5.74) is 1.71. The molecule has 0 spiro atoms. The molecular weight excluding hydrogens is 366 g/mol. The number of ether oxygens (including phenoxy) is 2. The maximum atomic E-state index is 11.9. The number of nitrogens with zero attached hydrogens (tertiary/aromatic N) is 1. The number of methoxy groups -OCH3 is 1. The van der Waals surface area contributed by atoms with Crippen molar-refractivity contribution in [2.24, 2.45) is 0 Å². The van der Waals surface area contributed by atoms with Crippen LogP contribution in [0.3, 0.4) is 0 Å². The van der Waals surface area contributed by atoms with Crippen molar-refractivity contribution in [3.05, 3.63) is 52.8 Å². The van der Waals surface area contributed by atoms with E-state index in [-0.39, 0.29) is 18.1 Å². The number of amides is 1. The number of nitrogens with one attached hydrogen (secondary N) is 2. The largest absolute Gasteiger partial charge is 0.493 e. The number of rotatable bonds is 8. The standard InChI is InChI=1S/C20H26ClN3O3/c1-20(2,3)24-19(25)13-27-18-10-16(21)15(9-17(18)26-4)12-23-11-14-5-7-22-8-6-14/h5-10,23H,11-13H2,1-4H3,(H,24,25). The summed E-state index contributed by atoms with van der Waals surface area (Å²) in [4.78, 5) is 15.9. The fourth-order valence-electron chi connectivity index (χ4n) is 2.42. The summed E-state index contributed by atoms with van der Waals surface area (Å²) >= 11 is 6.38. The highest BCUT2D eigenvalue weighted by atomic mass is 35.5. The fraction of sp³-hybridized carbons (Fsp3) is 0.400. The van der Waals surface area contributed by atoms with Gasteiger partial charge in [0.2, 0.25) is 0 Å². The minimum absolute atomic E-state index is 0.108. The van der Waals surface area contributed by atoms with Gasteiger partial charge in [0.05, 0.1) is 7.11 Å². The predicted molar refractivity (Wildman–Crippen MR) is 106 cm³/mol. The average molecular weight is 392 g/mol. The summed E-state index contributed by atoms with van der Waals surface area (Å²) in [6.45, 7) is 6.90. The van der Waals surface area contributed by atoms with E-state index < -0.39 is 0 Å². The molecule has 1 amide bonds. The highest BCUT2D eigenvalue weighted by Crippen LogP contribution is 2.33. The third-order valence-corrected chi connectivity index (χ3v) is 3.95. The second kappa shape index (κ2) is 9.58. The average Bonchev–Trinajstić information content (AvgIpc) is 2.61. The fourth-order valence-corrected chi connectivity index (χ4v) is 2.65. The Kier molecular flexibility index (Phi) is 7.45. The number of hydrogen-bond acceptors (Lipinski definition) is 5. The van der Waals surface area contributed by atoms with Gasteiger partial charge < -0.3 is 20.1 Å². The molecular formula is C20H26ClN3O3. The van der Waals surface area contributed by atoms with Gasteiger partial charge in [0.15, 0.2) is 18.1 Å². The highest BCUT2D eigenvalue weighted by molar-refractivity contribution is 6.31. The van der Waals surface area contributed by atoms with Crippen molar-refractivity contribution in [2.75, 3.05) is 13.7 Å². The van der Waals surface area contributed by atoms with Crippen LogP contribution >= 0.6 is 11.6 Å². The Hall–Kier alpha value is -2.31. The van der Waals surface area contributed by atoms with Gasteiger partial charge in [-0.1, -0.05) is 11.6 Å². The molecule has 1 aromatic carbocycles. The van der Waals surface area contributed by atoms with E-state index in [1.54, 1.807) is 25.6 Å². The molecule has 2 N–H and O–H groups in total. The Balaban J connectivity index is 1.98. The lowest BCUT2D eigenvalue weighted by Gasteiger charge is -2.21. The minimum atomic E-state index is -0.313. The van der Waals surface area contributed by atoms with Crippen LogP contribution in [0, 0.1) is 0 Å². The molecule has 1 aromatic heterocycles. The van der Waals surface area contributed by atoms with Crippen LogP contribution in [0.25, 0.3) is 0 Å². The first kappa shape index (κ1) is 21.0. The maximum absolute atomic E-state index is 11.9. The topological polar surface area (TPSA) is 72.5 Å². The van der Waals surface area contributed by atoms with E-state index in [0.717, 1.165) is 11.1 Å². The smallest absolute Gasteiger partial charge is 0.258 e. The Morgan fingerprint density at radius 2 is 1.85 bits per heavy atom. The molecule has 6 nitrogen and oxygen atoms in total. The monoisotopic (exact) mass is 391 g/mol. The van der Waals surface area contributed by atoms with Gasteiger partial charge in [-0.3, -0.25) is 9.78 Å². The van der Waals surface area contributed by atoms with Crippen LogP contribution in [-0.2, 0) is 17.9 Å². The summed E-state index contributed by atoms with van der Waals surface area (Å²) < 4.78 is 11.0. The van der Waals surface area contributed by atoms with Crippen molar-refractivity contribution < 1.29 is 14.3 Å². The van der Waals surface area contributed by atoms with E-state index >= 15 is 0 Å². The molecule has 0 bridgehead atoms. The van der Waals surface area contributed by atoms with Gasteiger partial charge in [0, 0.05) is 42.1 Å². The number of halogens is 1. The summed E-state index contributed by atoms with van der Waals surface area (Å²) in [7, 11) is 1.56. The lowest BCUT2D eigenvalue weighted by molar-refractivity contribution is -0.124. The van der Waals surface area contributed by atoms with E-state index in [2.05, 4.69) is 15.6 Å². The molecule has 2 rings (SSSR count). The Bertz CT molecular complexity index is 761. The molecule has 2 aromatic rings. The van der Waals surface area contributed by atoms with E-state index in [1.165, 1.54) is 0 Å². The van der Waals surface area contributed by atoms with Crippen molar-refractivity contribution >= 4 is 17.5 Å². The molecule has 7 heteroatoms. The van der Waals surface area contributed by atoms with Gasteiger partial charge in [-0.05, 0) is 50.1 Å². The quantitative estimate of drug-likeness (QED) is 0.722. The second-order valence-corrected chi connectivity index (χ2v) is 7.55. The second-order valence-electron chi connectivity index (χ2n) is 7.14. The van der Waals surface area contributed by atoms with E-state index in [9.17, 15) is 4.79 Å². The normalized spacial score (nSPS) is 11.1. The van der Waals surface area contributed by atoms with Crippen molar-refractivity contribution in [2.45, 2.75) is 39.4 Å².